The summed E-state index contributed by atoms with van der Waals surface area (Å²) in [6, 6.07) is 2.13. The maximum atomic E-state index is 12.0. The molecule has 17 heavy (non-hydrogen) atoms. The molecule has 0 aromatic rings. The van der Waals surface area contributed by atoms with Crippen molar-refractivity contribution in [2.45, 2.75) is 51.5 Å². The summed E-state index contributed by atoms with van der Waals surface area (Å²) in [6.07, 6.45) is 5.22. The summed E-state index contributed by atoms with van der Waals surface area (Å²) >= 11 is 0. The van der Waals surface area contributed by atoms with E-state index in [9.17, 15) is 4.79 Å². The first-order chi connectivity index (χ1) is 8.21. The molecule has 0 bridgehead atoms. The molecule has 1 saturated carbocycles. The fraction of sp³-hybridized carbons (Fsp3) is 0.846. The zero-order chi connectivity index (χ0) is 12.7. The largest absolute Gasteiger partial charge is 0.352 e. The SMILES string of the molecule is CCC(CC#N)NC(=O)C1CCC(CN)CC1. The van der Waals surface area contributed by atoms with Crippen molar-refractivity contribution in [1.29, 1.82) is 5.26 Å². The highest BCUT2D eigenvalue weighted by atomic mass is 16.1. The highest BCUT2D eigenvalue weighted by molar-refractivity contribution is 5.79. The van der Waals surface area contributed by atoms with Gasteiger partial charge in [-0.3, -0.25) is 4.79 Å². The lowest BCUT2D eigenvalue weighted by Gasteiger charge is -2.28. The summed E-state index contributed by atoms with van der Waals surface area (Å²) in [5, 5.41) is 11.6. The molecule has 0 spiro atoms. The fourth-order valence-electron chi connectivity index (χ4n) is 2.39. The molecule has 4 nitrogen and oxygen atoms in total. The van der Waals surface area contributed by atoms with Gasteiger partial charge in [0.2, 0.25) is 5.91 Å². The molecule has 1 atom stereocenters. The molecule has 96 valence electrons. The Bertz CT molecular complexity index is 277. The van der Waals surface area contributed by atoms with Crippen LogP contribution in [0.1, 0.15) is 45.4 Å². The smallest absolute Gasteiger partial charge is 0.223 e. The van der Waals surface area contributed by atoms with E-state index < -0.39 is 0 Å². The molecule has 0 aromatic heterocycles. The van der Waals surface area contributed by atoms with Crippen LogP contribution in [0.4, 0.5) is 0 Å². The minimum atomic E-state index is 0.0136. The summed E-state index contributed by atoms with van der Waals surface area (Å²) in [5.41, 5.74) is 5.63. The molecule has 0 aliphatic heterocycles. The highest BCUT2D eigenvalue weighted by Crippen LogP contribution is 2.28. The van der Waals surface area contributed by atoms with Gasteiger partial charge < -0.3 is 11.1 Å². The van der Waals surface area contributed by atoms with Gasteiger partial charge in [-0.1, -0.05) is 6.92 Å². The van der Waals surface area contributed by atoms with Gasteiger partial charge in [0.15, 0.2) is 0 Å². The number of nitrogens with two attached hydrogens (primary N) is 1. The van der Waals surface area contributed by atoms with Crippen LogP contribution in [0.25, 0.3) is 0 Å². The lowest BCUT2D eigenvalue weighted by molar-refractivity contribution is -0.126. The fourth-order valence-corrected chi connectivity index (χ4v) is 2.39. The van der Waals surface area contributed by atoms with Gasteiger partial charge >= 0.3 is 0 Å². The Morgan fingerprint density at radius 3 is 2.59 bits per heavy atom. The van der Waals surface area contributed by atoms with Gasteiger partial charge in [-0.2, -0.15) is 5.26 Å². The quantitative estimate of drug-likeness (QED) is 0.761. The average Bonchev–Trinajstić information content (AvgIpc) is 2.38. The minimum Gasteiger partial charge on any atom is -0.352 e. The van der Waals surface area contributed by atoms with E-state index in [1.807, 2.05) is 6.92 Å². The van der Waals surface area contributed by atoms with E-state index in [1.54, 1.807) is 0 Å². The van der Waals surface area contributed by atoms with Crippen LogP contribution in [-0.2, 0) is 4.79 Å². The minimum absolute atomic E-state index is 0.0136. The van der Waals surface area contributed by atoms with Crippen LogP contribution in [0, 0.1) is 23.2 Å². The second kappa shape index (κ2) is 7.29. The monoisotopic (exact) mass is 237 g/mol. The molecule has 0 radical (unpaired) electrons. The van der Waals surface area contributed by atoms with Crippen molar-refractivity contribution in [3.63, 3.8) is 0 Å². The van der Waals surface area contributed by atoms with Gasteiger partial charge in [-0.05, 0) is 44.6 Å². The number of carbonyl (C=O) groups is 1. The van der Waals surface area contributed by atoms with E-state index in [2.05, 4.69) is 11.4 Å². The molecule has 0 saturated heterocycles. The van der Waals surface area contributed by atoms with Crippen LogP contribution in [0.15, 0.2) is 0 Å². The third-order valence-corrected chi connectivity index (χ3v) is 3.73. The first kappa shape index (κ1) is 14.0. The van der Waals surface area contributed by atoms with E-state index in [-0.39, 0.29) is 17.9 Å². The predicted octanol–water partition coefficient (Wildman–Crippen LogP) is 1.56. The number of carbonyl (C=O) groups excluding carboxylic acids is 1. The summed E-state index contributed by atoms with van der Waals surface area (Å²) in [5.74, 6) is 0.855. The molecule has 1 aliphatic carbocycles. The molecular weight excluding hydrogens is 214 g/mol. The summed E-state index contributed by atoms with van der Waals surface area (Å²) in [7, 11) is 0. The molecule has 1 fully saturated rings. The Balaban J connectivity index is 2.36. The van der Waals surface area contributed by atoms with Crippen LogP contribution in [0.2, 0.25) is 0 Å². The predicted molar refractivity (Wildman–Crippen MR) is 67.0 cm³/mol. The molecule has 1 rings (SSSR count). The second-order valence-electron chi connectivity index (χ2n) is 4.93. The van der Waals surface area contributed by atoms with Crippen molar-refractivity contribution >= 4 is 5.91 Å². The van der Waals surface area contributed by atoms with Crippen molar-refractivity contribution in [2.75, 3.05) is 6.54 Å². The third-order valence-electron chi connectivity index (χ3n) is 3.73. The summed E-state index contributed by atoms with van der Waals surface area (Å²) in [4.78, 5) is 12.0. The summed E-state index contributed by atoms with van der Waals surface area (Å²) < 4.78 is 0. The first-order valence-electron chi connectivity index (χ1n) is 6.58. The van der Waals surface area contributed by atoms with E-state index in [0.29, 0.717) is 12.3 Å². The van der Waals surface area contributed by atoms with Crippen LogP contribution in [-0.4, -0.2) is 18.5 Å². The molecule has 0 heterocycles. The van der Waals surface area contributed by atoms with Gasteiger partial charge in [-0.25, -0.2) is 0 Å². The van der Waals surface area contributed by atoms with Crippen molar-refractivity contribution in [3.05, 3.63) is 0 Å². The maximum absolute atomic E-state index is 12.0. The van der Waals surface area contributed by atoms with Crippen LogP contribution < -0.4 is 11.1 Å². The standard InChI is InChI=1S/C13H23N3O/c1-2-12(7-8-14)16-13(17)11-5-3-10(9-15)4-6-11/h10-12H,2-7,9,15H2,1H3,(H,16,17). The van der Waals surface area contributed by atoms with Gasteiger partial charge in [0.1, 0.15) is 0 Å². The number of hydrogen-bond acceptors (Lipinski definition) is 3. The Kier molecular flexibility index (Phi) is 5.99. The van der Waals surface area contributed by atoms with E-state index >= 15 is 0 Å². The summed E-state index contributed by atoms with van der Waals surface area (Å²) in [6.45, 7) is 2.73. The number of hydrogen-bond donors (Lipinski definition) is 2. The Hall–Kier alpha value is -1.08. The van der Waals surface area contributed by atoms with Crippen molar-refractivity contribution in [1.82, 2.24) is 5.32 Å². The first-order valence-corrected chi connectivity index (χ1v) is 6.58. The van der Waals surface area contributed by atoms with Gasteiger partial charge in [0.05, 0.1) is 12.5 Å². The van der Waals surface area contributed by atoms with Gasteiger partial charge in [0.25, 0.3) is 0 Å². The van der Waals surface area contributed by atoms with Crippen LogP contribution in [0.5, 0.6) is 0 Å². The molecule has 1 aliphatic rings. The maximum Gasteiger partial charge on any atom is 0.223 e. The average molecular weight is 237 g/mol. The molecular formula is C13H23N3O. The van der Waals surface area contributed by atoms with E-state index in [4.69, 9.17) is 11.0 Å². The second-order valence-corrected chi connectivity index (χ2v) is 4.93. The third kappa shape index (κ3) is 4.35. The van der Waals surface area contributed by atoms with Crippen LogP contribution in [0.3, 0.4) is 0 Å². The van der Waals surface area contributed by atoms with E-state index in [0.717, 1.165) is 38.6 Å². The number of nitrogens with zero attached hydrogens (tertiary/aromatic N) is 1. The molecule has 4 heteroatoms. The lowest BCUT2D eigenvalue weighted by atomic mass is 9.81. The number of amides is 1. The zero-order valence-electron chi connectivity index (χ0n) is 10.6. The Labute approximate surface area is 104 Å². The number of rotatable bonds is 5. The highest BCUT2D eigenvalue weighted by Gasteiger charge is 2.26. The molecule has 1 amide bonds. The lowest BCUT2D eigenvalue weighted by Crippen LogP contribution is -2.40. The van der Waals surface area contributed by atoms with E-state index in [1.165, 1.54) is 0 Å². The Morgan fingerprint density at radius 1 is 1.47 bits per heavy atom. The van der Waals surface area contributed by atoms with Crippen molar-refractivity contribution in [3.8, 4) is 6.07 Å². The normalized spacial score (nSPS) is 25.9. The van der Waals surface area contributed by atoms with Gasteiger partial charge in [0, 0.05) is 12.0 Å². The molecule has 1 unspecified atom stereocenters. The zero-order valence-corrected chi connectivity index (χ0v) is 10.6. The number of nitrogens with one attached hydrogen (secondary N) is 1. The molecule has 3 N–H and O–H groups in total. The topological polar surface area (TPSA) is 78.9 Å². The molecule has 0 aromatic carbocycles. The number of nitriles is 1. The van der Waals surface area contributed by atoms with Gasteiger partial charge in [-0.15, -0.1) is 0 Å². The Morgan fingerprint density at radius 2 is 2.12 bits per heavy atom. The van der Waals surface area contributed by atoms with Crippen molar-refractivity contribution < 1.29 is 4.79 Å². The van der Waals surface area contributed by atoms with Crippen LogP contribution >= 0.6 is 0 Å². The van der Waals surface area contributed by atoms with Crippen molar-refractivity contribution in [2.24, 2.45) is 17.6 Å².